The number of rotatable bonds is 4. The molecule has 2 aromatic heterocycles. The Hall–Kier alpha value is -5.47. The molecule has 0 atom stereocenters. The van der Waals surface area contributed by atoms with Gasteiger partial charge in [0.1, 0.15) is 5.69 Å². The number of aromatic nitrogens is 2. The van der Waals surface area contributed by atoms with Gasteiger partial charge in [0.15, 0.2) is 0 Å². The lowest BCUT2D eigenvalue weighted by Gasteiger charge is -2.10. The van der Waals surface area contributed by atoms with Gasteiger partial charge in [0.05, 0.1) is 11.2 Å². The fourth-order valence-corrected chi connectivity index (χ4v) is 6.07. The molecule has 0 radical (unpaired) electrons. The molecule has 6 aromatic carbocycles. The summed E-state index contributed by atoms with van der Waals surface area (Å²) in [4.78, 5) is 0. The average Bonchev–Trinajstić information content (AvgIpc) is 3.46. The van der Waals surface area contributed by atoms with E-state index in [1.807, 2.05) is 0 Å². The van der Waals surface area contributed by atoms with Crippen LogP contribution in [0.25, 0.3) is 71.8 Å². The molecule has 0 unspecified atom stereocenters. The number of pyridine rings is 1. The number of hydrogen-bond donors (Lipinski definition) is 0. The largest absolute Gasteiger partial charge is 0.231 e. The normalized spacial score (nSPS) is 11.4. The van der Waals surface area contributed by atoms with E-state index in [-0.39, 0.29) is 0 Å². The first-order valence-electron chi connectivity index (χ1n) is 14.0. The third-order valence-electron chi connectivity index (χ3n) is 8.01. The summed E-state index contributed by atoms with van der Waals surface area (Å²) in [6, 6.07) is 56.1. The Morgan fingerprint density at radius 3 is 1.76 bits per heavy atom. The number of nitrogens with zero attached hydrogens (tertiary/aromatic N) is 2. The van der Waals surface area contributed by atoms with Crippen molar-refractivity contribution in [3.8, 4) is 44.8 Å². The highest BCUT2D eigenvalue weighted by Gasteiger charge is 2.21. The van der Waals surface area contributed by atoms with Gasteiger partial charge in [-0.2, -0.15) is 5.10 Å². The lowest BCUT2D eigenvalue weighted by atomic mass is 9.94. The smallest absolute Gasteiger partial charge is 0.101 e. The quantitative estimate of drug-likeness (QED) is 0.225. The molecular formula is C39H26N2. The highest BCUT2D eigenvalue weighted by Crippen LogP contribution is 2.41. The molecule has 2 heterocycles. The van der Waals surface area contributed by atoms with Crippen LogP contribution in [0, 0.1) is 0 Å². The zero-order chi connectivity index (χ0) is 27.2. The number of fused-ring (bicyclic) bond motifs is 4. The van der Waals surface area contributed by atoms with Crippen molar-refractivity contribution < 1.29 is 0 Å². The van der Waals surface area contributed by atoms with Crippen LogP contribution in [-0.2, 0) is 0 Å². The Balaban J connectivity index is 1.40. The standard InChI is InChI=1S/C39H26N2/c1-3-13-29(14-4-1)36-26-32-17-8-10-20-35(32)39-37(30-15-5-2-6-16-30)38(40-41(36)39)31-24-22-28(23-25-31)34-21-11-18-27-12-7-9-19-33(27)34/h1-26H. The molecule has 0 bridgehead atoms. The van der Waals surface area contributed by atoms with Gasteiger partial charge >= 0.3 is 0 Å². The van der Waals surface area contributed by atoms with Gasteiger partial charge in [-0.1, -0.05) is 152 Å². The lowest BCUT2D eigenvalue weighted by Crippen LogP contribution is -1.95. The van der Waals surface area contributed by atoms with Crippen LogP contribution in [0.2, 0.25) is 0 Å². The molecular weight excluding hydrogens is 496 g/mol. The third-order valence-corrected chi connectivity index (χ3v) is 8.01. The molecule has 0 spiro atoms. The first-order chi connectivity index (χ1) is 20.3. The van der Waals surface area contributed by atoms with Crippen LogP contribution in [0.15, 0.2) is 158 Å². The van der Waals surface area contributed by atoms with Crippen LogP contribution in [0.5, 0.6) is 0 Å². The zero-order valence-corrected chi connectivity index (χ0v) is 22.4. The van der Waals surface area contributed by atoms with E-state index in [2.05, 4.69) is 162 Å². The highest BCUT2D eigenvalue weighted by atomic mass is 15.2. The van der Waals surface area contributed by atoms with Crippen LogP contribution in [-0.4, -0.2) is 9.61 Å². The van der Waals surface area contributed by atoms with Crippen molar-refractivity contribution in [1.29, 1.82) is 0 Å². The van der Waals surface area contributed by atoms with Crippen molar-refractivity contribution >= 4 is 27.1 Å². The summed E-state index contributed by atoms with van der Waals surface area (Å²) in [5.74, 6) is 0. The van der Waals surface area contributed by atoms with Gasteiger partial charge in [0.2, 0.25) is 0 Å². The summed E-state index contributed by atoms with van der Waals surface area (Å²) in [6.07, 6.45) is 0. The molecule has 8 rings (SSSR count). The molecule has 192 valence electrons. The van der Waals surface area contributed by atoms with E-state index in [0.717, 1.165) is 39.2 Å². The molecule has 0 aliphatic carbocycles. The second kappa shape index (κ2) is 9.62. The topological polar surface area (TPSA) is 17.3 Å². The van der Waals surface area contributed by atoms with Crippen molar-refractivity contribution in [3.63, 3.8) is 0 Å². The maximum absolute atomic E-state index is 5.35. The van der Waals surface area contributed by atoms with Crippen LogP contribution >= 0.6 is 0 Å². The summed E-state index contributed by atoms with van der Waals surface area (Å²) < 4.78 is 2.15. The monoisotopic (exact) mass is 522 g/mol. The van der Waals surface area contributed by atoms with Gasteiger partial charge < -0.3 is 0 Å². The highest BCUT2D eigenvalue weighted by molar-refractivity contribution is 6.08. The fourth-order valence-electron chi connectivity index (χ4n) is 6.07. The Bertz CT molecular complexity index is 2170. The van der Waals surface area contributed by atoms with Crippen molar-refractivity contribution in [3.05, 3.63) is 158 Å². The minimum atomic E-state index is 0.981. The second-order valence-electron chi connectivity index (χ2n) is 10.4. The first kappa shape index (κ1) is 23.4. The van der Waals surface area contributed by atoms with Gasteiger partial charge in [0, 0.05) is 22.1 Å². The van der Waals surface area contributed by atoms with Crippen LogP contribution < -0.4 is 0 Å². The molecule has 2 nitrogen and oxygen atoms in total. The predicted octanol–water partition coefficient (Wildman–Crippen LogP) is 10.3. The van der Waals surface area contributed by atoms with Crippen molar-refractivity contribution in [2.75, 3.05) is 0 Å². The van der Waals surface area contributed by atoms with E-state index >= 15 is 0 Å². The molecule has 8 aromatic rings. The van der Waals surface area contributed by atoms with E-state index in [1.54, 1.807) is 0 Å². The Labute approximate surface area is 238 Å². The number of benzene rings is 6. The minimum absolute atomic E-state index is 0.981. The molecule has 41 heavy (non-hydrogen) atoms. The van der Waals surface area contributed by atoms with Crippen molar-refractivity contribution in [1.82, 2.24) is 9.61 Å². The molecule has 0 amide bonds. The molecule has 0 aliphatic rings. The second-order valence-corrected chi connectivity index (χ2v) is 10.4. The first-order valence-corrected chi connectivity index (χ1v) is 14.0. The van der Waals surface area contributed by atoms with Gasteiger partial charge in [-0.25, -0.2) is 4.52 Å². The number of hydrogen-bond acceptors (Lipinski definition) is 1. The SMILES string of the molecule is c1ccc(-c2c(-c3ccc(-c4cccc5ccccc45)cc3)nn3c(-c4ccccc4)cc4ccccc4c23)cc1. The Kier molecular flexibility index (Phi) is 5.49. The van der Waals surface area contributed by atoms with E-state index < -0.39 is 0 Å². The van der Waals surface area contributed by atoms with Crippen molar-refractivity contribution in [2.24, 2.45) is 0 Å². The van der Waals surface area contributed by atoms with E-state index in [4.69, 9.17) is 5.10 Å². The Morgan fingerprint density at radius 1 is 0.415 bits per heavy atom. The van der Waals surface area contributed by atoms with Crippen LogP contribution in [0.4, 0.5) is 0 Å². The van der Waals surface area contributed by atoms with Gasteiger partial charge in [-0.05, 0) is 38.9 Å². The molecule has 0 fully saturated rings. The summed E-state index contributed by atoms with van der Waals surface area (Å²) in [5, 5.41) is 10.3. The molecule has 0 N–H and O–H groups in total. The summed E-state index contributed by atoms with van der Waals surface area (Å²) >= 11 is 0. The summed E-state index contributed by atoms with van der Waals surface area (Å²) in [7, 11) is 0. The summed E-state index contributed by atoms with van der Waals surface area (Å²) in [6.45, 7) is 0. The lowest BCUT2D eigenvalue weighted by molar-refractivity contribution is 0.979. The van der Waals surface area contributed by atoms with Gasteiger partial charge in [-0.15, -0.1) is 0 Å². The van der Waals surface area contributed by atoms with Crippen LogP contribution in [0.3, 0.4) is 0 Å². The fraction of sp³-hybridized carbons (Fsp3) is 0. The molecule has 2 heteroatoms. The van der Waals surface area contributed by atoms with Crippen molar-refractivity contribution in [2.45, 2.75) is 0 Å². The maximum Gasteiger partial charge on any atom is 0.101 e. The van der Waals surface area contributed by atoms with E-state index in [9.17, 15) is 0 Å². The minimum Gasteiger partial charge on any atom is -0.231 e. The summed E-state index contributed by atoms with van der Waals surface area (Å²) in [5.41, 5.74) is 10.2. The average molecular weight is 523 g/mol. The maximum atomic E-state index is 5.35. The third kappa shape index (κ3) is 3.92. The molecule has 0 saturated carbocycles. The molecule has 0 saturated heterocycles. The van der Waals surface area contributed by atoms with Gasteiger partial charge in [0.25, 0.3) is 0 Å². The predicted molar refractivity (Wildman–Crippen MR) is 172 cm³/mol. The van der Waals surface area contributed by atoms with E-state index in [1.165, 1.54) is 32.7 Å². The molecule has 0 aliphatic heterocycles. The zero-order valence-electron chi connectivity index (χ0n) is 22.4. The van der Waals surface area contributed by atoms with Gasteiger partial charge in [-0.3, -0.25) is 0 Å². The van der Waals surface area contributed by atoms with E-state index in [0.29, 0.717) is 0 Å². The van der Waals surface area contributed by atoms with Crippen LogP contribution in [0.1, 0.15) is 0 Å². The Morgan fingerprint density at radius 2 is 1.00 bits per heavy atom.